The largest absolute Gasteiger partial charge is 0.376 e. The molecule has 1 aliphatic rings. The minimum Gasteiger partial charge on any atom is -0.376 e. The topological polar surface area (TPSA) is 64.9 Å². The number of hydrogen-bond acceptors (Lipinski definition) is 5. The summed E-state index contributed by atoms with van der Waals surface area (Å²) in [7, 11) is 0. The molecule has 0 amide bonds. The van der Waals surface area contributed by atoms with E-state index in [-0.39, 0.29) is 6.10 Å². The normalized spacial score (nSPS) is 17.7. The summed E-state index contributed by atoms with van der Waals surface area (Å²) < 4.78 is 8.75. The quantitative estimate of drug-likeness (QED) is 0.757. The maximum absolute atomic E-state index is 5.70. The molecular weight excluding hydrogens is 358 g/mol. The standard InChI is InChI=1S/C16H16BrN5O/c17-11-3-1-4-12(7-11)21-15-14-16(19-9-18-15)22(10-20-14)8-13-5-2-6-23-13/h1,3-4,7,9-10,13H,2,5-6,8H2,(H,18,19,21). The van der Waals surface area contributed by atoms with Gasteiger partial charge in [-0.2, -0.15) is 0 Å². The van der Waals surface area contributed by atoms with Crippen LogP contribution >= 0.6 is 15.9 Å². The number of rotatable bonds is 4. The Morgan fingerprint density at radius 1 is 1.30 bits per heavy atom. The van der Waals surface area contributed by atoms with Gasteiger partial charge in [-0.05, 0) is 31.0 Å². The monoisotopic (exact) mass is 373 g/mol. The van der Waals surface area contributed by atoms with Crippen LogP contribution in [-0.2, 0) is 11.3 Å². The second-order valence-corrected chi connectivity index (χ2v) is 6.48. The van der Waals surface area contributed by atoms with Crippen molar-refractivity contribution in [2.75, 3.05) is 11.9 Å². The first-order valence-corrected chi connectivity index (χ1v) is 8.39. The third-order valence-corrected chi connectivity index (χ3v) is 4.41. The fraction of sp³-hybridized carbons (Fsp3) is 0.312. The molecule has 0 aliphatic carbocycles. The van der Waals surface area contributed by atoms with Crippen LogP contribution < -0.4 is 5.32 Å². The highest BCUT2D eigenvalue weighted by Gasteiger charge is 2.18. The van der Waals surface area contributed by atoms with Gasteiger partial charge < -0.3 is 14.6 Å². The Kier molecular flexibility index (Phi) is 3.97. The molecule has 1 aromatic carbocycles. The average molecular weight is 374 g/mol. The molecule has 1 unspecified atom stereocenters. The van der Waals surface area contributed by atoms with Crippen LogP contribution in [0.5, 0.6) is 0 Å². The van der Waals surface area contributed by atoms with Crippen molar-refractivity contribution in [3.63, 3.8) is 0 Å². The van der Waals surface area contributed by atoms with Crippen molar-refractivity contribution < 1.29 is 4.74 Å². The lowest BCUT2D eigenvalue weighted by Crippen LogP contribution is -2.14. The molecular formula is C16H16BrN5O. The Morgan fingerprint density at radius 3 is 3.09 bits per heavy atom. The summed E-state index contributed by atoms with van der Waals surface area (Å²) in [5.41, 5.74) is 2.55. The summed E-state index contributed by atoms with van der Waals surface area (Å²) in [6, 6.07) is 7.94. The van der Waals surface area contributed by atoms with Crippen LogP contribution in [0.3, 0.4) is 0 Å². The molecule has 1 fully saturated rings. The first kappa shape index (κ1) is 14.6. The van der Waals surface area contributed by atoms with Crippen LogP contribution in [0.25, 0.3) is 11.2 Å². The Hall–Kier alpha value is -1.99. The van der Waals surface area contributed by atoms with Crippen molar-refractivity contribution in [2.24, 2.45) is 0 Å². The van der Waals surface area contributed by atoms with E-state index in [2.05, 4.69) is 36.2 Å². The van der Waals surface area contributed by atoms with E-state index in [9.17, 15) is 0 Å². The first-order chi connectivity index (χ1) is 11.3. The molecule has 1 N–H and O–H groups in total. The maximum atomic E-state index is 5.70. The van der Waals surface area contributed by atoms with Gasteiger partial charge in [-0.3, -0.25) is 0 Å². The van der Waals surface area contributed by atoms with Crippen LogP contribution in [0.1, 0.15) is 12.8 Å². The number of nitrogens with zero attached hydrogens (tertiary/aromatic N) is 4. The fourth-order valence-corrected chi connectivity index (χ4v) is 3.22. The van der Waals surface area contributed by atoms with Crippen LogP contribution in [-0.4, -0.2) is 32.2 Å². The molecule has 2 aromatic heterocycles. The molecule has 1 aliphatic heterocycles. The maximum Gasteiger partial charge on any atom is 0.165 e. The number of ether oxygens (including phenoxy) is 1. The van der Waals surface area contributed by atoms with Gasteiger partial charge in [0.15, 0.2) is 17.0 Å². The van der Waals surface area contributed by atoms with Crippen LogP contribution in [0.2, 0.25) is 0 Å². The number of fused-ring (bicyclic) bond motifs is 1. The van der Waals surface area contributed by atoms with Gasteiger partial charge in [0, 0.05) is 16.8 Å². The molecule has 0 saturated carbocycles. The van der Waals surface area contributed by atoms with Gasteiger partial charge in [0.25, 0.3) is 0 Å². The average Bonchev–Trinajstić information content (AvgIpc) is 3.19. The smallest absolute Gasteiger partial charge is 0.165 e. The van der Waals surface area contributed by atoms with E-state index in [1.165, 1.54) is 0 Å². The summed E-state index contributed by atoms with van der Waals surface area (Å²) in [5.74, 6) is 0.708. The van der Waals surface area contributed by atoms with Gasteiger partial charge in [0.1, 0.15) is 6.33 Å². The molecule has 7 heteroatoms. The minimum atomic E-state index is 0.254. The highest BCUT2D eigenvalue weighted by molar-refractivity contribution is 9.10. The van der Waals surface area contributed by atoms with Gasteiger partial charge in [0.2, 0.25) is 0 Å². The van der Waals surface area contributed by atoms with Crippen molar-refractivity contribution in [3.8, 4) is 0 Å². The lowest BCUT2D eigenvalue weighted by atomic mass is 10.2. The second-order valence-electron chi connectivity index (χ2n) is 5.56. The Labute approximate surface area is 142 Å². The van der Waals surface area contributed by atoms with E-state index in [1.54, 1.807) is 6.33 Å². The van der Waals surface area contributed by atoms with Gasteiger partial charge in [-0.25, -0.2) is 15.0 Å². The van der Waals surface area contributed by atoms with E-state index in [0.29, 0.717) is 5.82 Å². The zero-order chi connectivity index (χ0) is 15.6. The molecule has 1 saturated heterocycles. The molecule has 3 heterocycles. The zero-order valence-electron chi connectivity index (χ0n) is 12.4. The molecule has 118 valence electrons. The van der Waals surface area contributed by atoms with E-state index in [1.807, 2.05) is 35.2 Å². The third-order valence-electron chi connectivity index (χ3n) is 3.91. The zero-order valence-corrected chi connectivity index (χ0v) is 14.0. The van der Waals surface area contributed by atoms with Gasteiger partial charge in [-0.1, -0.05) is 22.0 Å². The highest BCUT2D eigenvalue weighted by Crippen LogP contribution is 2.24. The van der Waals surface area contributed by atoms with E-state index >= 15 is 0 Å². The molecule has 0 bridgehead atoms. The molecule has 6 nitrogen and oxygen atoms in total. The molecule has 0 spiro atoms. The van der Waals surface area contributed by atoms with Gasteiger partial charge >= 0.3 is 0 Å². The van der Waals surface area contributed by atoms with Crippen molar-refractivity contribution in [3.05, 3.63) is 41.4 Å². The predicted molar refractivity (Wildman–Crippen MR) is 91.7 cm³/mol. The first-order valence-electron chi connectivity index (χ1n) is 7.59. The van der Waals surface area contributed by atoms with Crippen molar-refractivity contribution in [1.82, 2.24) is 19.5 Å². The predicted octanol–water partition coefficient (Wildman–Crippen LogP) is 3.51. The van der Waals surface area contributed by atoms with Crippen molar-refractivity contribution in [1.29, 1.82) is 0 Å². The van der Waals surface area contributed by atoms with Gasteiger partial charge in [-0.15, -0.1) is 0 Å². The van der Waals surface area contributed by atoms with E-state index in [0.717, 1.165) is 47.3 Å². The third kappa shape index (κ3) is 3.07. The molecule has 3 aromatic rings. The Balaban J connectivity index is 1.64. The fourth-order valence-electron chi connectivity index (χ4n) is 2.82. The number of aromatic nitrogens is 4. The highest BCUT2D eigenvalue weighted by atomic mass is 79.9. The lowest BCUT2D eigenvalue weighted by molar-refractivity contribution is 0.0978. The number of hydrogen-bond donors (Lipinski definition) is 1. The lowest BCUT2D eigenvalue weighted by Gasteiger charge is -2.10. The van der Waals surface area contributed by atoms with Gasteiger partial charge in [0.05, 0.1) is 19.0 Å². The number of imidazole rings is 1. The summed E-state index contributed by atoms with van der Waals surface area (Å²) >= 11 is 3.47. The number of halogens is 1. The molecule has 1 atom stereocenters. The summed E-state index contributed by atoms with van der Waals surface area (Å²) in [6.07, 6.45) is 5.85. The molecule has 23 heavy (non-hydrogen) atoms. The number of benzene rings is 1. The van der Waals surface area contributed by atoms with Crippen LogP contribution in [0, 0.1) is 0 Å². The van der Waals surface area contributed by atoms with Crippen LogP contribution in [0.4, 0.5) is 11.5 Å². The SMILES string of the molecule is Brc1cccc(Nc2ncnc3c2ncn3CC2CCCO2)c1. The number of anilines is 2. The summed E-state index contributed by atoms with van der Waals surface area (Å²) in [6.45, 7) is 1.63. The Bertz CT molecular complexity index is 828. The minimum absolute atomic E-state index is 0.254. The molecule has 0 radical (unpaired) electrons. The van der Waals surface area contributed by atoms with E-state index in [4.69, 9.17) is 4.74 Å². The van der Waals surface area contributed by atoms with E-state index < -0.39 is 0 Å². The summed E-state index contributed by atoms with van der Waals surface area (Å²) in [4.78, 5) is 13.2. The molecule has 4 rings (SSSR count). The summed E-state index contributed by atoms with van der Waals surface area (Å²) in [5, 5.41) is 3.31. The van der Waals surface area contributed by atoms with Crippen molar-refractivity contribution >= 4 is 38.6 Å². The number of nitrogens with one attached hydrogen (secondary N) is 1. The van der Waals surface area contributed by atoms with Crippen LogP contribution in [0.15, 0.2) is 41.4 Å². The second kappa shape index (κ2) is 6.25. The van der Waals surface area contributed by atoms with Crippen molar-refractivity contribution in [2.45, 2.75) is 25.5 Å². The Morgan fingerprint density at radius 2 is 2.26 bits per heavy atom.